The molecule has 0 aromatic heterocycles. The molecule has 0 N–H and O–H groups in total. The van der Waals surface area contributed by atoms with Crippen LogP contribution in [0.25, 0.3) is 0 Å². The first-order valence-corrected chi connectivity index (χ1v) is 6.55. The van der Waals surface area contributed by atoms with Crippen molar-refractivity contribution in [3.8, 4) is 0 Å². The zero-order valence-electron chi connectivity index (χ0n) is 11.1. The van der Waals surface area contributed by atoms with Crippen LogP contribution in [0.2, 0.25) is 0 Å². The summed E-state index contributed by atoms with van der Waals surface area (Å²) >= 11 is 0. The van der Waals surface area contributed by atoms with Crippen LogP contribution in [-0.2, 0) is 9.53 Å². The minimum atomic E-state index is 0.560. The molecule has 0 saturated heterocycles. The van der Waals surface area contributed by atoms with Gasteiger partial charge in [0.25, 0.3) is 6.47 Å². The standard InChI is InChI=1S/C14H26O2/c1-4-6-8-10-13(3)14(16-12-15)11-9-7-5-2/h12H,4-11H2,1-3H3/b14-13-. The maximum atomic E-state index is 10.4. The van der Waals surface area contributed by atoms with E-state index in [4.69, 9.17) is 4.74 Å². The smallest absolute Gasteiger partial charge is 0.298 e. The molecule has 0 aliphatic carbocycles. The maximum absolute atomic E-state index is 10.4. The molecule has 16 heavy (non-hydrogen) atoms. The van der Waals surface area contributed by atoms with Gasteiger partial charge in [-0.25, -0.2) is 0 Å². The van der Waals surface area contributed by atoms with Crippen LogP contribution < -0.4 is 0 Å². The molecule has 0 unspecified atom stereocenters. The van der Waals surface area contributed by atoms with Gasteiger partial charge in [-0.1, -0.05) is 39.5 Å². The van der Waals surface area contributed by atoms with Gasteiger partial charge in [0.2, 0.25) is 0 Å². The van der Waals surface area contributed by atoms with Gasteiger partial charge in [-0.15, -0.1) is 0 Å². The van der Waals surface area contributed by atoms with Crippen LogP contribution in [0.4, 0.5) is 0 Å². The first-order chi connectivity index (χ1) is 7.76. The fraction of sp³-hybridized carbons (Fsp3) is 0.786. The topological polar surface area (TPSA) is 26.3 Å². The molecule has 0 fully saturated rings. The summed E-state index contributed by atoms with van der Waals surface area (Å²) < 4.78 is 5.08. The average Bonchev–Trinajstić information content (AvgIpc) is 2.28. The highest BCUT2D eigenvalue weighted by Crippen LogP contribution is 2.18. The number of unbranched alkanes of at least 4 members (excludes halogenated alkanes) is 4. The molecule has 0 aromatic rings. The van der Waals surface area contributed by atoms with Gasteiger partial charge in [0, 0.05) is 6.42 Å². The Morgan fingerprint density at radius 2 is 1.56 bits per heavy atom. The lowest BCUT2D eigenvalue weighted by molar-refractivity contribution is -0.125. The quantitative estimate of drug-likeness (QED) is 0.309. The lowest BCUT2D eigenvalue weighted by Gasteiger charge is -2.09. The second-order valence-corrected chi connectivity index (χ2v) is 4.33. The molecule has 2 nitrogen and oxygen atoms in total. The van der Waals surface area contributed by atoms with Crippen LogP contribution in [0.3, 0.4) is 0 Å². The van der Waals surface area contributed by atoms with E-state index < -0.39 is 0 Å². The van der Waals surface area contributed by atoms with E-state index in [-0.39, 0.29) is 0 Å². The average molecular weight is 226 g/mol. The second-order valence-electron chi connectivity index (χ2n) is 4.33. The number of carbonyl (C=O) groups is 1. The molecule has 0 aromatic carbocycles. The summed E-state index contributed by atoms with van der Waals surface area (Å²) in [7, 11) is 0. The molecular formula is C14H26O2. The van der Waals surface area contributed by atoms with E-state index in [2.05, 4.69) is 20.8 Å². The maximum Gasteiger partial charge on any atom is 0.298 e. The Labute approximate surface area is 100 Å². The van der Waals surface area contributed by atoms with E-state index >= 15 is 0 Å². The fourth-order valence-corrected chi connectivity index (χ4v) is 1.75. The summed E-state index contributed by atoms with van der Waals surface area (Å²) in [5.41, 5.74) is 1.25. The Balaban J connectivity index is 4.10. The number of hydrogen-bond donors (Lipinski definition) is 0. The van der Waals surface area contributed by atoms with Gasteiger partial charge in [-0.2, -0.15) is 0 Å². The summed E-state index contributed by atoms with van der Waals surface area (Å²) in [6.45, 7) is 7.02. The molecule has 0 heterocycles. The molecule has 0 amide bonds. The fourth-order valence-electron chi connectivity index (χ4n) is 1.75. The van der Waals surface area contributed by atoms with Gasteiger partial charge in [-0.05, 0) is 31.8 Å². The Kier molecular flexibility index (Phi) is 10.2. The van der Waals surface area contributed by atoms with Crippen LogP contribution in [0.1, 0.15) is 72.1 Å². The van der Waals surface area contributed by atoms with Crippen molar-refractivity contribution in [2.75, 3.05) is 0 Å². The van der Waals surface area contributed by atoms with Crippen LogP contribution in [0, 0.1) is 0 Å². The van der Waals surface area contributed by atoms with Crippen molar-refractivity contribution in [1.82, 2.24) is 0 Å². The molecule has 0 aliphatic heterocycles. The summed E-state index contributed by atoms with van der Waals surface area (Å²) in [4.78, 5) is 10.4. The van der Waals surface area contributed by atoms with E-state index in [1.165, 1.54) is 37.7 Å². The molecule has 0 radical (unpaired) electrons. The first kappa shape index (κ1) is 15.2. The van der Waals surface area contributed by atoms with Gasteiger partial charge in [-0.3, -0.25) is 4.79 Å². The van der Waals surface area contributed by atoms with Crippen molar-refractivity contribution in [2.24, 2.45) is 0 Å². The van der Waals surface area contributed by atoms with Crippen molar-refractivity contribution in [3.05, 3.63) is 11.3 Å². The number of ether oxygens (including phenoxy) is 1. The Morgan fingerprint density at radius 3 is 2.06 bits per heavy atom. The van der Waals surface area contributed by atoms with Crippen LogP contribution >= 0.6 is 0 Å². The first-order valence-electron chi connectivity index (χ1n) is 6.55. The van der Waals surface area contributed by atoms with Crippen LogP contribution in [0.5, 0.6) is 0 Å². The second kappa shape index (κ2) is 10.7. The predicted molar refractivity (Wildman–Crippen MR) is 68.1 cm³/mol. The largest absolute Gasteiger partial charge is 0.433 e. The van der Waals surface area contributed by atoms with Crippen LogP contribution in [0.15, 0.2) is 11.3 Å². The highest BCUT2D eigenvalue weighted by Gasteiger charge is 2.04. The number of hydrogen-bond acceptors (Lipinski definition) is 2. The third-order valence-corrected chi connectivity index (χ3v) is 2.83. The molecule has 2 heteroatoms. The molecule has 94 valence electrons. The number of allylic oxidation sites excluding steroid dienone is 2. The Bertz CT molecular complexity index is 207. The van der Waals surface area contributed by atoms with E-state index in [9.17, 15) is 4.79 Å². The molecule has 0 rings (SSSR count). The third kappa shape index (κ3) is 7.49. The normalized spacial score (nSPS) is 12.2. The lowest BCUT2D eigenvalue weighted by Crippen LogP contribution is -1.95. The zero-order valence-corrected chi connectivity index (χ0v) is 11.1. The van der Waals surface area contributed by atoms with Crippen molar-refractivity contribution < 1.29 is 9.53 Å². The highest BCUT2D eigenvalue weighted by atomic mass is 16.5. The molecule has 0 bridgehead atoms. The molecule has 0 spiro atoms. The zero-order chi connectivity index (χ0) is 12.2. The van der Waals surface area contributed by atoms with E-state index in [1.807, 2.05) is 0 Å². The summed E-state index contributed by atoms with van der Waals surface area (Å²) in [6.07, 6.45) is 9.16. The SMILES string of the molecule is CCCCC/C(C)=C(/CCCCC)OC=O. The summed E-state index contributed by atoms with van der Waals surface area (Å²) in [5.74, 6) is 0.902. The van der Waals surface area contributed by atoms with Gasteiger partial charge < -0.3 is 4.74 Å². The summed E-state index contributed by atoms with van der Waals surface area (Å²) in [5, 5.41) is 0. The van der Waals surface area contributed by atoms with Gasteiger partial charge in [0.15, 0.2) is 0 Å². The predicted octanol–water partition coefficient (Wildman–Crippen LogP) is 4.59. The molecular weight excluding hydrogens is 200 g/mol. The highest BCUT2D eigenvalue weighted by molar-refractivity contribution is 5.40. The van der Waals surface area contributed by atoms with Gasteiger partial charge in [0.1, 0.15) is 5.76 Å². The minimum Gasteiger partial charge on any atom is -0.433 e. The van der Waals surface area contributed by atoms with E-state index in [0.717, 1.165) is 25.0 Å². The van der Waals surface area contributed by atoms with Gasteiger partial charge >= 0.3 is 0 Å². The van der Waals surface area contributed by atoms with E-state index in [0.29, 0.717) is 6.47 Å². The lowest BCUT2D eigenvalue weighted by atomic mass is 10.0. The molecule has 0 atom stereocenters. The van der Waals surface area contributed by atoms with Crippen molar-refractivity contribution in [1.29, 1.82) is 0 Å². The van der Waals surface area contributed by atoms with E-state index in [1.54, 1.807) is 0 Å². The monoisotopic (exact) mass is 226 g/mol. The van der Waals surface area contributed by atoms with Crippen molar-refractivity contribution in [3.63, 3.8) is 0 Å². The van der Waals surface area contributed by atoms with Gasteiger partial charge in [0.05, 0.1) is 0 Å². The number of rotatable bonds is 10. The molecule has 0 aliphatic rings. The number of carbonyl (C=O) groups excluding carboxylic acids is 1. The van der Waals surface area contributed by atoms with Crippen molar-refractivity contribution in [2.45, 2.75) is 72.1 Å². The Hall–Kier alpha value is -0.790. The Morgan fingerprint density at radius 1 is 1.00 bits per heavy atom. The third-order valence-electron chi connectivity index (χ3n) is 2.83. The minimum absolute atomic E-state index is 0.560. The van der Waals surface area contributed by atoms with Crippen LogP contribution in [-0.4, -0.2) is 6.47 Å². The molecule has 0 saturated carbocycles. The summed E-state index contributed by atoms with van der Waals surface area (Å²) in [6, 6.07) is 0. The van der Waals surface area contributed by atoms with Crippen molar-refractivity contribution >= 4 is 6.47 Å².